The van der Waals surface area contributed by atoms with E-state index in [0.717, 1.165) is 36.9 Å². The third kappa shape index (κ3) is 3.42. The van der Waals surface area contributed by atoms with E-state index in [4.69, 9.17) is 11.6 Å². The molecule has 0 aliphatic carbocycles. The topological polar surface area (TPSA) is 36.1 Å². The molecule has 128 valence electrons. The number of fused-ring (bicyclic) bond motifs is 1. The molecule has 2 aromatic carbocycles. The Morgan fingerprint density at radius 1 is 1.16 bits per heavy atom. The van der Waals surface area contributed by atoms with Crippen LogP contribution in [-0.4, -0.2) is 28.4 Å². The number of rotatable bonds is 4. The fourth-order valence-electron chi connectivity index (χ4n) is 3.81. The predicted molar refractivity (Wildman–Crippen MR) is 102 cm³/mol. The van der Waals surface area contributed by atoms with Crippen molar-refractivity contribution >= 4 is 28.4 Å². The van der Waals surface area contributed by atoms with Crippen molar-refractivity contribution in [2.45, 2.75) is 31.7 Å². The molecule has 2 heterocycles. The van der Waals surface area contributed by atoms with Crippen molar-refractivity contribution in [3.8, 4) is 0 Å². The lowest BCUT2D eigenvalue weighted by molar-refractivity contribution is -0.131. The second kappa shape index (κ2) is 6.93. The molecule has 0 spiro atoms. The van der Waals surface area contributed by atoms with Gasteiger partial charge in [0.2, 0.25) is 5.91 Å². The average molecular weight is 353 g/mol. The summed E-state index contributed by atoms with van der Waals surface area (Å²) in [6, 6.07) is 16.2. The maximum atomic E-state index is 12.8. The smallest absolute Gasteiger partial charge is 0.227 e. The molecule has 1 aliphatic rings. The van der Waals surface area contributed by atoms with Crippen LogP contribution >= 0.6 is 11.6 Å². The second-order valence-corrected chi connectivity index (χ2v) is 7.19. The Hall–Kier alpha value is -2.26. The first kappa shape index (κ1) is 16.2. The summed E-state index contributed by atoms with van der Waals surface area (Å²) in [6.45, 7) is 0.861. The summed E-state index contributed by atoms with van der Waals surface area (Å²) < 4.78 is 0. The second-order valence-electron chi connectivity index (χ2n) is 6.75. The van der Waals surface area contributed by atoms with E-state index in [9.17, 15) is 4.79 Å². The molecule has 1 fully saturated rings. The Morgan fingerprint density at radius 3 is 2.80 bits per heavy atom. The third-order valence-corrected chi connectivity index (χ3v) is 5.35. The highest BCUT2D eigenvalue weighted by atomic mass is 35.5. The monoisotopic (exact) mass is 352 g/mol. The number of nitrogens with one attached hydrogen (secondary N) is 1. The van der Waals surface area contributed by atoms with Gasteiger partial charge in [-0.2, -0.15) is 0 Å². The summed E-state index contributed by atoms with van der Waals surface area (Å²) in [7, 11) is 0. The largest absolute Gasteiger partial charge is 0.361 e. The van der Waals surface area contributed by atoms with Crippen LogP contribution in [0.4, 0.5) is 0 Å². The van der Waals surface area contributed by atoms with Gasteiger partial charge in [0.05, 0.1) is 6.42 Å². The van der Waals surface area contributed by atoms with Crippen LogP contribution in [-0.2, 0) is 17.6 Å². The van der Waals surface area contributed by atoms with Gasteiger partial charge in [-0.3, -0.25) is 4.79 Å². The molecular formula is C21H21ClN2O. The van der Waals surface area contributed by atoms with Crippen LogP contribution in [0.25, 0.3) is 10.9 Å². The minimum Gasteiger partial charge on any atom is -0.361 e. The maximum Gasteiger partial charge on any atom is 0.227 e. The summed E-state index contributed by atoms with van der Waals surface area (Å²) in [5.41, 5.74) is 3.48. The molecule has 1 amide bonds. The molecule has 1 atom stereocenters. The number of para-hydroxylation sites is 1. The van der Waals surface area contributed by atoms with Crippen molar-refractivity contribution in [1.82, 2.24) is 9.88 Å². The minimum absolute atomic E-state index is 0.213. The van der Waals surface area contributed by atoms with E-state index in [0.29, 0.717) is 17.5 Å². The van der Waals surface area contributed by atoms with E-state index in [2.05, 4.69) is 34.3 Å². The summed E-state index contributed by atoms with van der Waals surface area (Å²) >= 11 is 5.93. The molecule has 1 aromatic heterocycles. The van der Waals surface area contributed by atoms with Crippen LogP contribution in [0.3, 0.4) is 0 Å². The van der Waals surface area contributed by atoms with Gasteiger partial charge >= 0.3 is 0 Å². The maximum absolute atomic E-state index is 12.8. The van der Waals surface area contributed by atoms with Crippen molar-refractivity contribution in [2.24, 2.45) is 0 Å². The lowest BCUT2D eigenvalue weighted by Gasteiger charge is -2.25. The van der Waals surface area contributed by atoms with Gasteiger partial charge in [-0.15, -0.1) is 0 Å². The number of aromatic nitrogens is 1. The first-order chi connectivity index (χ1) is 12.2. The van der Waals surface area contributed by atoms with Crippen molar-refractivity contribution in [3.63, 3.8) is 0 Å². The van der Waals surface area contributed by atoms with Crippen LogP contribution < -0.4 is 0 Å². The predicted octanol–water partition coefficient (Wildman–Crippen LogP) is 4.60. The summed E-state index contributed by atoms with van der Waals surface area (Å²) in [5, 5.41) is 1.97. The molecular weight excluding hydrogens is 332 g/mol. The molecule has 0 radical (unpaired) electrons. The Balaban J connectivity index is 1.48. The molecule has 0 saturated carbocycles. The first-order valence-corrected chi connectivity index (χ1v) is 9.17. The minimum atomic E-state index is 0.213. The van der Waals surface area contributed by atoms with Crippen LogP contribution in [0, 0.1) is 0 Å². The van der Waals surface area contributed by atoms with E-state index in [1.165, 1.54) is 10.9 Å². The number of likely N-dealkylation sites (tertiary alicyclic amines) is 1. The Bertz CT molecular complexity index is 884. The molecule has 1 N–H and O–H groups in total. The molecule has 3 nitrogen and oxygen atoms in total. The van der Waals surface area contributed by atoms with Gasteiger partial charge in [0.25, 0.3) is 0 Å². The fourth-order valence-corrected chi connectivity index (χ4v) is 3.94. The van der Waals surface area contributed by atoms with Crippen molar-refractivity contribution in [3.05, 3.63) is 70.9 Å². The number of halogens is 1. The van der Waals surface area contributed by atoms with Crippen molar-refractivity contribution in [1.29, 1.82) is 0 Å². The highest BCUT2D eigenvalue weighted by Gasteiger charge is 2.29. The number of nitrogens with zero attached hydrogens (tertiary/aromatic N) is 1. The van der Waals surface area contributed by atoms with Gasteiger partial charge < -0.3 is 9.88 Å². The lowest BCUT2D eigenvalue weighted by Crippen LogP contribution is -2.37. The molecule has 1 unspecified atom stereocenters. The van der Waals surface area contributed by atoms with Gasteiger partial charge in [0, 0.05) is 34.7 Å². The van der Waals surface area contributed by atoms with Crippen molar-refractivity contribution in [2.75, 3.05) is 6.54 Å². The molecule has 0 bridgehead atoms. The number of hydrogen-bond acceptors (Lipinski definition) is 1. The van der Waals surface area contributed by atoms with Gasteiger partial charge in [-0.25, -0.2) is 0 Å². The molecule has 25 heavy (non-hydrogen) atoms. The standard InChI is InChI=1S/C21H21ClN2O/c22-17-9-7-15(8-10-17)12-21(25)24-11-3-4-18(24)13-16-14-23-20-6-2-1-5-19(16)20/h1-2,5-10,14,18,23H,3-4,11-13H2. The number of H-pyrrole nitrogens is 1. The lowest BCUT2D eigenvalue weighted by atomic mass is 10.0. The summed E-state index contributed by atoms with van der Waals surface area (Å²) in [6.07, 6.45) is 5.61. The van der Waals surface area contributed by atoms with Gasteiger partial charge in [-0.1, -0.05) is 41.9 Å². The van der Waals surface area contributed by atoms with Crippen LogP contribution in [0.5, 0.6) is 0 Å². The summed E-state index contributed by atoms with van der Waals surface area (Å²) in [5.74, 6) is 0.213. The van der Waals surface area contributed by atoms with Crippen LogP contribution in [0.2, 0.25) is 5.02 Å². The fraction of sp³-hybridized carbons (Fsp3) is 0.286. The zero-order valence-corrected chi connectivity index (χ0v) is 14.8. The number of hydrogen-bond donors (Lipinski definition) is 1. The highest BCUT2D eigenvalue weighted by Crippen LogP contribution is 2.26. The Morgan fingerprint density at radius 2 is 1.96 bits per heavy atom. The molecule has 3 aromatic rings. The van der Waals surface area contributed by atoms with E-state index < -0.39 is 0 Å². The van der Waals surface area contributed by atoms with E-state index >= 15 is 0 Å². The number of aromatic amines is 1. The number of benzene rings is 2. The van der Waals surface area contributed by atoms with Gasteiger partial charge in [0.1, 0.15) is 0 Å². The zero-order chi connectivity index (χ0) is 17.2. The normalized spacial score (nSPS) is 17.3. The SMILES string of the molecule is O=C(Cc1ccc(Cl)cc1)N1CCCC1Cc1c[nH]c2ccccc12. The highest BCUT2D eigenvalue weighted by molar-refractivity contribution is 6.30. The molecule has 1 aliphatic heterocycles. The first-order valence-electron chi connectivity index (χ1n) is 8.79. The number of amides is 1. The van der Waals surface area contributed by atoms with E-state index in [1.807, 2.05) is 30.3 Å². The van der Waals surface area contributed by atoms with E-state index in [-0.39, 0.29) is 5.91 Å². The number of carbonyl (C=O) groups excluding carboxylic acids is 1. The Kier molecular flexibility index (Phi) is 4.50. The molecule has 4 heteroatoms. The Labute approximate surface area is 152 Å². The molecule has 1 saturated heterocycles. The number of carbonyl (C=O) groups is 1. The quantitative estimate of drug-likeness (QED) is 0.732. The van der Waals surface area contributed by atoms with E-state index in [1.54, 1.807) is 0 Å². The summed E-state index contributed by atoms with van der Waals surface area (Å²) in [4.78, 5) is 18.2. The van der Waals surface area contributed by atoms with Crippen LogP contribution in [0.1, 0.15) is 24.0 Å². The molecule has 4 rings (SSSR count). The van der Waals surface area contributed by atoms with Crippen molar-refractivity contribution < 1.29 is 4.79 Å². The van der Waals surface area contributed by atoms with Gasteiger partial charge in [0.15, 0.2) is 0 Å². The van der Waals surface area contributed by atoms with Gasteiger partial charge in [-0.05, 0) is 48.6 Å². The third-order valence-electron chi connectivity index (χ3n) is 5.10. The zero-order valence-electron chi connectivity index (χ0n) is 14.0. The van der Waals surface area contributed by atoms with Crippen LogP contribution in [0.15, 0.2) is 54.7 Å². The average Bonchev–Trinajstić information content (AvgIpc) is 3.25.